The Labute approximate surface area is 147 Å². The van der Waals surface area contributed by atoms with Crippen LogP contribution in [0.3, 0.4) is 0 Å². The third-order valence-corrected chi connectivity index (χ3v) is 5.47. The van der Waals surface area contributed by atoms with E-state index in [1.54, 1.807) is 0 Å². The van der Waals surface area contributed by atoms with Crippen LogP contribution in [-0.2, 0) is 10.0 Å². The van der Waals surface area contributed by atoms with Crippen LogP contribution < -0.4 is 4.72 Å². The van der Waals surface area contributed by atoms with Crippen molar-refractivity contribution in [1.29, 1.82) is 0 Å². The van der Waals surface area contributed by atoms with E-state index < -0.39 is 43.2 Å². The lowest BCUT2D eigenvalue weighted by atomic mass is 10.1. The van der Waals surface area contributed by atoms with Crippen LogP contribution in [0.5, 0.6) is 0 Å². The average Bonchev–Trinajstić information content (AvgIpc) is 2.48. The van der Waals surface area contributed by atoms with Crippen molar-refractivity contribution in [2.75, 3.05) is 0 Å². The van der Waals surface area contributed by atoms with Crippen LogP contribution in [-0.4, -0.2) is 13.3 Å². The molecule has 134 valence electrons. The highest BCUT2D eigenvalue weighted by molar-refractivity contribution is 7.89. The summed E-state index contributed by atoms with van der Waals surface area (Å²) in [6.45, 7) is 2.75. The van der Waals surface area contributed by atoms with Crippen molar-refractivity contribution in [2.45, 2.75) is 24.8 Å². The molecule has 25 heavy (non-hydrogen) atoms. The van der Waals surface area contributed by atoms with Crippen LogP contribution in [0.25, 0.3) is 0 Å². The highest BCUT2D eigenvalue weighted by Crippen LogP contribution is 2.30. The molecule has 6 nitrogen and oxygen atoms in total. The molecule has 0 saturated carbocycles. The highest BCUT2D eigenvalue weighted by Gasteiger charge is 2.25. The Bertz CT molecular complexity index is 951. The van der Waals surface area contributed by atoms with Gasteiger partial charge in [-0.15, -0.1) is 0 Å². The minimum absolute atomic E-state index is 0.0716. The van der Waals surface area contributed by atoms with Gasteiger partial charge in [0.1, 0.15) is 11.6 Å². The summed E-state index contributed by atoms with van der Waals surface area (Å²) in [5, 5.41) is 10.9. The number of nitro groups is 1. The lowest BCUT2D eigenvalue weighted by Crippen LogP contribution is -2.27. The predicted octanol–water partition coefficient (Wildman–Crippen LogP) is 3.87. The number of nitro benzene ring substituents is 1. The molecule has 10 heteroatoms. The second kappa shape index (κ2) is 7.03. The first-order chi connectivity index (χ1) is 11.5. The molecule has 0 amide bonds. The van der Waals surface area contributed by atoms with Crippen LogP contribution in [0.2, 0.25) is 5.02 Å². The number of nitrogens with one attached hydrogen (secondary N) is 1. The molecule has 2 rings (SSSR count). The van der Waals surface area contributed by atoms with Crippen molar-refractivity contribution >= 4 is 27.3 Å². The third-order valence-electron chi connectivity index (χ3n) is 3.56. The average molecular weight is 391 g/mol. The van der Waals surface area contributed by atoms with E-state index in [2.05, 4.69) is 4.72 Å². The fourth-order valence-electron chi connectivity index (χ4n) is 2.20. The Kier molecular flexibility index (Phi) is 5.40. The minimum atomic E-state index is -4.23. The number of benzene rings is 2. The summed E-state index contributed by atoms with van der Waals surface area (Å²) in [7, 11) is -4.23. The van der Waals surface area contributed by atoms with Crippen molar-refractivity contribution < 1.29 is 22.1 Å². The number of rotatable bonds is 5. The van der Waals surface area contributed by atoms with E-state index in [1.807, 2.05) is 0 Å². The fraction of sp³-hybridized carbons (Fsp3) is 0.200. The Morgan fingerprint density at radius 1 is 1.24 bits per heavy atom. The van der Waals surface area contributed by atoms with E-state index in [9.17, 15) is 27.3 Å². The van der Waals surface area contributed by atoms with Crippen LogP contribution in [0.4, 0.5) is 14.5 Å². The molecule has 0 unspecified atom stereocenters. The quantitative estimate of drug-likeness (QED) is 0.619. The molecule has 0 saturated heterocycles. The molecule has 0 radical (unpaired) electrons. The zero-order chi connectivity index (χ0) is 18.9. The number of hydrogen-bond donors (Lipinski definition) is 1. The zero-order valence-corrected chi connectivity index (χ0v) is 14.7. The van der Waals surface area contributed by atoms with Crippen molar-refractivity contribution in [3.8, 4) is 0 Å². The molecular weight excluding hydrogens is 378 g/mol. The number of nitrogens with zero attached hydrogens (tertiary/aromatic N) is 1. The molecule has 0 aromatic heterocycles. The van der Waals surface area contributed by atoms with Crippen LogP contribution >= 0.6 is 11.6 Å². The van der Waals surface area contributed by atoms with Gasteiger partial charge in [0.25, 0.3) is 5.69 Å². The molecule has 0 spiro atoms. The topological polar surface area (TPSA) is 89.3 Å². The number of halogens is 3. The van der Waals surface area contributed by atoms with Gasteiger partial charge in [-0.05, 0) is 26.0 Å². The molecule has 0 bridgehead atoms. The highest BCUT2D eigenvalue weighted by atomic mass is 35.5. The largest absolute Gasteiger partial charge is 0.275 e. The second-order valence-corrected chi connectivity index (χ2v) is 7.44. The standard InChI is InChI=1S/C15H13ClF2N2O4S/c1-8-13(16)6-11(7-15(8)20(21)22)25(23,24)19-9(2)12-4-3-10(17)5-14(12)18/h3-7,9,19H,1-2H3/t9-/m0/s1. The van der Waals surface area contributed by atoms with Crippen LogP contribution in [0.15, 0.2) is 35.2 Å². The van der Waals surface area contributed by atoms with Gasteiger partial charge in [0.15, 0.2) is 0 Å². The maximum absolute atomic E-state index is 13.8. The Hall–Kier alpha value is -2.10. The first-order valence-electron chi connectivity index (χ1n) is 6.94. The van der Waals surface area contributed by atoms with Crippen LogP contribution in [0.1, 0.15) is 24.1 Å². The summed E-state index contributed by atoms with van der Waals surface area (Å²) in [5.74, 6) is -1.71. The van der Waals surface area contributed by atoms with Gasteiger partial charge in [0.2, 0.25) is 10.0 Å². The molecule has 1 atom stereocenters. The molecular formula is C15H13ClF2N2O4S. The smallest absolute Gasteiger partial charge is 0.258 e. The third kappa shape index (κ3) is 4.12. The van der Waals surface area contributed by atoms with E-state index in [4.69, 9.17) is 11.6 Å². The molecule has 0 heterocycles. The van der Waals surface area contributed by atoms with Gasteiger partial charge in [-0.25, -0.2) is 21.9 Å². The van der Waals surface area contributed by atoms with Crippen molar-refractivity contribution in [2.24, 2.45) is 0 Å². The molecule has 0 fully saturated rings. The maximum atomic E-state index is 13.8. The summed E-state index contributed by atoms with van der Waals surface area (Å²) in [4.78, 5) is 9.85. The van der Waals surface area contributed by atoms with Gasteiger partial charge in [-0.3, -0.25) is 10.1 Å². The molecule has 0 aliphatic heterocycles. The molecule has 2 aromatic carbocycles. The van der Waals surface area contributed by atoms with E-state index in [0.29, 0.717) is 6.07 Å². The summed E-state index contributed by atoms with van der Waals surface area (Å²) in [5.41, 5.74) is -0.394. The van der Waals surface area contributed by atoms with Crippen LogP contribution in [0, 0.1) is 28.7 Å². The summed E-state index contributed by atoms with van der Waals surface area (Å²) < 4.78 is 53.8. The minimum Gasteiger partial charge on any atom is -0.258 e. The van der Waals surface area contributed by atoms with Gasteiger partial charge in [0, 0.05) is 29.3 Å². The van der Waals surface area contributed by atoms with Crippen molar-refractivity contribution in [1.82, 2.24) is 4.72 Å². The molecule has 0 aliphatic carbocycles. The Morgan fingerprint density at radius 3 is 2.44 bits per heavy atom. The first-order valence-corrected chi connectivity index (χ1v) is 8.81. The summed E-state index contributed by atoms with van der Waals surface area (Å²) in [6, 6.07) is 3.65. The van der Waals surface area contributed by atoms with E-state index >= 15 is 0 Å². The Morgan fingerprint density at radius 2 is 1.88 bits per heavy atom. The number of sulfonamides is 1. The normalized spacial score (nSPS) is 12.8. The fourth-order valence-corrected chi connectivity index (χ4v) is 3.75. The zero-order valence-electron chi connectivity index (χ0n) is 13.1. The van der Waals surface area contributed by atoms with E-state index in [0.717, 1.165) is 24.3 Å². The van der Waals surface area contributed by atoms with Gasteiger partial charge < -0.3 is 0 Å². The lowest BCUT2D eigenvalue weighted by Gasteiger charge is -2.16. The predicted molar refractivity (Wildman–Crippen MR) is 87.9 cm³/mol. The lowest BCUT2D eigenvalue weighted by molar-refractivity contribution is -0.385. The molecule has 1 N–H and O–H groups in total. The molecule has 2 aromatic rings. The van der Waals surface area contributed by atoms with E-state index in [-0.39, 0.29) is 16.1 Å². The van der Waals surface area contributed by atoms with E-state index in [1.165, 1.54) is 13.8 Å². The maximum Gasteiger partial charge on any atom is 0.275 e. The SMILES string of the molecule is Cc1c(Cl)cc(S(=O)(=O)N[C@@H](C)c2ccc(F)cc2F)cc1[N+](=O)[O-]. The summed E-state index contributed by atoms with van der Waals surface area (Å²) in [6.07, 6.45) is 0. The van der Waals surface area contributed by atoms with Gasteiger partial charge in [-0.1, -0.05) is 17.7 Å². The molecule has 0 aliphatic rings. The Balaban J connectivity index is 2.41. The summed E-state index contributed by atoms with van der Waals surface area (Å²) >= 11 is 5.87. The second-order valence-electron chi connectivity index (χ2n) is 5.32. The van der Waals surface area contributed by atoms with Gasteiger partial charge >= 0.3 is 0 Å². The van der Waals surface area contributed by atoms with Crippen molar-refractivity contribution in [3.63, 3.8) is 0 Å². The number of hydrogen-bond acceptors (Lipinski definition) is 4. The monoisotopic (exact) mass is 390 g/mol. The van der Waals surface area contributed by atoms with Gasteiger partial charge in [0.05, 0.1) is 14.8 Å². The van der Waals surface area contributed by atoms with Gasteiger partial charge in [-0.2, -0.15) is 0 Å². The first kappa shape index (κ1) is 19.2. The van der Waals surface area contributed by atoms with Crippen molar-refractivity contribution in [3.05, 3.63) is 68.2 Å².